The van der Waals surface area contributed by atoms with Crippen LogP contribution in [0.15, 0.2) is 61.4 Å². The molecule has 0 saturated carbocycles. The predicted molar refractivity (Wildman–Crippen MR) is 106 cm³/mol. The van der Waals surface area contributed by atoms with Crippen molar-refractivity contribution in [2.24, 2.45) is 15.2 Å². The van der Waals surface area contributed by atoms with E-state index in [9.17, 15) is 25.9 Å². The second kappa shape index (κ2) is 8.22. The maximum atomic E-state index is 11.7. The van der Waals surface area contributed by atoms with Gasteiger partial charge in [-0.05, 0) is 48.6 Å². The normalized spacial score (nSPS) is 12.0. The zero-order valence-electron chi connectivity index (χ0n) is 14.5. The number of benzene rings is 2. The molecule has 2 N–H and O–H groups in total. The molecule has 2 rings (SSSR count). The summed E-state index contributed by atoms with van der Waals surface area (Å²) in [6.45, 7) is 0. The number of nitrogens with zero attached hydrogens (tertiary/aromatic N) is 4. The molecule has 2 aromatic rings. The molecule has 148 valence electrons. The molecule has 0 spiro atoms. The van der Waals surface area contributed by atoms with Crippen LogP contribution in [0.4, 0.5) is 22.7 Å². The van der Waals surface area contributed by atoms with Gasteiger partial charge in [0.2, 0.25) is 0 Å². The molecule has 0 unspecified atom stereocenters. The van der Waals surface area contributed by atoms with Crippen LogP contribution in [-0.4, -0.2) is 45.2 Å². The average molecular weight is 443 g/mol. The van der Waals surface area contributed by atoms with Crippen molar-refractivity contribution in [3.63, 3.8) is 0 Å². The minimum Gasteiger partial charge on any atom is -0.378 e. The lowest BCUT2D eigenvalue weighted by Gasteiger charge is -2.11. The van der Waals surface area contributed by atoms with Crippen LogP contribution in [0.5, 0.6) is 0 Å². The van der Waals surface area contributed by atoms with Gasteiger partial charge in [-0.15, -0.1) is 5.11 Å². The molecule has 0 amide bonds. The number of thiocarbonyl (C=S) groups is 1. The second-order valence-corrected chi connectivity index (χ2v) is 8.52. The fraction of sp³-hybridized carbons (Fsp3) is 0.133. The van der Waals surface area contributed by atoms with E-state index >= 15 is 0 Å². The van der Waals surface area contributed by atoms with Gasteiger partial charge in [-0.25, -0.2) is 0 Å². The van der Waals surface area contributed by atoms with Gasteiger partial charge in [0.1, 0.15) is 15.5 Å². The number of isothiocyanates is 1. The second-order valence-electron chi connectivity index (χ2n) is 5.55. The topological polar surface area (TPSA) is 149 Å². The Bertz CT molecular complexity index is 1130. The quantitative estimate of drug-likeness (QED) is 0.299. The van der Waals surface area contributed by atoms with E-state index in [0.29, 0.717) is 0 Å². The van der Waals surface area contributed by atoms with Crippen molar-refractivity contribution in [1.82, 2.24) is 0 Å². The van der Waals surface area contributed by atoms with E-state index in [-0.39, 0.29) is 11.4 Å². The fourth-order valence-electron chi connectivity index (χ4n) is 2.10. The van der Waals surface area contributed by atoms with E-state index in [1.165, 1.54) is 0 Å². The van der Waals surface area contributed by atoms with Gasteiger partial charge in [0, 0.05) is 19.8 Å². The van der Waals surface area contributed by atoms with Crippen molar-refractivity contribution in [1.29, 1.82) is 0 Å². The minimum absolute atomic E-state index is 0.272. The third-order valence-corrected chi connectivity index (χ3v) is 5.21. The zero-order chi connectivity index (χ0) is 21.1. The van der Waals surface area contributed by atoms with E-state index in [4.69, 9.17) is 0 Å². The summed E-state index contributed by atoms with van der Waals surface area (Å²) in [5, 5.41) is 9.35. The summed E-state index contributed by atoms with van der Waals surface area (Å²) in [7, 11) is -6.21. The molecular formula is C15H14N4O6S3. The van der Waals surface area contributed by atoms with Crippen molar-refractivity contribution in [3.8, 4) is 0 Å². The highest BCUT2D eigenvalue weighted by Gasteiger charge is 2.26. The lowest BCUT2D eigenvalue weighted by atomic mass is 10.3. The van der Waals surface area contributed by atoms with E-state index < -0.39 is 35.7 Å². The first-order valence-electron chi connectivity index (χ1n) is 7.33. The zero-order valence-corrected chi connectivity index (χ0v) is 17.0. The van der Waals surface area contributed by atoms with Crippen LogP contribution in [0.3, 0.4) is 0 Å². The molecule has 0 aliphatic rings. The average Bonchev–Trinajstić information content (AvgIpc) is 2.59. The summed E-state index contributed by atoms with van der Waals surface area (Å²) in [5.41, 5.74) is 0.0854. The van der Waals surface area contributed by atoms with Gasteiger partial charge >= 0.3 is 0 Å². The number of hydrogen-bond acceptors (Lipinski definition) is 9. The van der Waals surface area contributed by atoms with Crippen LogP contribution in [-0.2, 0) is 20.2 Å². The van der Waals surface area contributed by atoms with Gasteiger partial charge in [-0.1, -0.05) is 0 Å². The Hall–Kier alpha value is -2.54. The van der Waals surface area contributed by atoms with Gasteiger partial charge in [0.05, 0.1) is 16.5 Å². The highest BCUT2D eigenvalue weighted by Crippen LogP contribution is 2.37. The van der Waals surface area contributed by atoms with Crippen LogP contribution in [0.25, 0.3) is 0 Å². The van der Waals surface area contributed by atoms with E-state index in [1.807, 2.05) is 24.2 Å². The van der Waals surface area contributed by atoms with Crippen LogP contribution >= 0.6 is 12.2 Å². The van der Waals surface area contributed by atoms with E-state index in [1.54, 1.807) is 24.3 Å². The van der Waals surface area contributed by atoms with Crippen LogP contribution in [0.1, 0.15) is 0 Å². The Balaban J connectivity index is 2.71. The van der Waals surface area contributed by atoms with Gasteiger partial charge in [-0.2, -0.15) is 26.9 Å². The minimum atomic E-state index is -4.94. The van der Waals surface area contributed by atoms with Crippen LogP contribution in [0, 0.1) is 0 Å². The third-order valence-electron chi connectivity index (χ3n) is 3.39. The van der Waals surface area contributed by atoms with Crippen LogP contribution in [0.2, 0.25) is 0 Å². The smallest absolute Gasteiger partial charge is 0.296 e. The summed E-state index contributed by atoms with van der Waals surface area (Å²) >= 11 is 4.40. The molecule has 0 bridgehead atoms. The number of rotatable bonds is 6. The highest BCUT2D eigenvalue weighted by molar-refractivity contribution is 7.87. The first-order chi connectivity index (χ1) is 12.9. The third kappa shape index (κ3) is 5.25. The molecule has 0 radical (unpaired) electrons. The first-order valence-corrected chi connectivity index (χ1v) is 10.6. The molecule has 13 heteroatoms. The van der Waals surface area contributed by atoms with Crippen molar-refractivity contribution in [2.75, 3.05) is 19.0 Å². The summed E-state index contributed by atoms with van der Waals surface area (Å²) in [6, 6.07) is 8.19. The van der Waals surface area contributed by atoms with Gasteiger partial charge in [0.15, 0.2) is 0 Å². The summed E-state index contributed by atoms with van der Waals surface area (Å²) < 4.78 is 65.7. The number of aliphatic imine (C=N–C) groups is 1. The molecule has 28 heavy (non-hydrogen) atoms. The summed E-state index contributed by atoms with van der Waals surface area (Å²) in [6.07, 6.45) is 0. The Labute approximate surface area is 166 Å². The maximum absolute atomic E-state index is 11.7. The Morgan fingerprint density at radius 2 is 1.39 bits per heavy atom. The van der Waals surface area contributed by atoms with Gasteiger partial charge in [-0.3, -0.25) is 9.11 Å². The maximum Gasteiger partial charge on any atom is 0.296 e. The summed E-state index contributed by atoms with van der Waals surface area (Å²) in [5.74, 6) is 0. The van der Waals surface area contributed by atoms with Crippen molar-refractivity contribution < 1.29 is 25.9 Å². The predicted octanol–water partition coefficient (Wildman–Crippen LogP) is 3.40. The van der Waals surface area contributed by atoms with Crippen molar-refractivity contribution >= 4 is 60.4 Å². The number of hydrogen-bond donors (Lipinski definition) is 2. The summed E-state index contributed by atoms with van der Waals surface area (Å²) in [4.78, 5) is 3.48. The molecular weight excluding hydrogens is 428 g/mol. The lowest BCUT2D eigenvalue weighted by Crippen LogP contribution is -2.07. The molecule has 2 aromatic carbocycles. The molecule has 0 fully saturated rings. The Morgan fingerprint density at radius 3 is 1.79 bits per heavy atom. The molecule has 0 aromatic heterocycles. The molecule has 0 saturated heterocycles. The Morgan fingerprint density at radius 1 is 0.893 bits per heavy atom. The molecule has 0 aliphatic heterocycles. The largest absolute Gasteiger partial charge is 0.378 e. The fourth-order valence-corrected chi connectivity index (χ4v) is 3.60. The molecule has 10 nitrogen and oxygen atoms in total. The van der Waals surface area contributed by atoms with Gasteiger partial charge < -0.3 is 4.90 Å². The highest BCUT2D eigenvalue weighted by atomic mass is 32.2. The van der Waals surface area contributed by atoms with Gasteiger partial charge in [0.25, 0.3) is 20.2 Å². The molecule has 0 heterocycles. The molecule has 0 aliphatic carbocycles. The standard InChI is InChI=1S/C15H14N4O6S3/c1-19(2)12-5-3-10(4-6-12)17-18-15-13(27(20,21)22)7-11(16-9-26)8-14(15)28(23,24)25/h3-8H,1-2H3,(H,20,21,22)(H,23,24,25)/b18-17+. The SMILES string of the molecule is CN(C)c1ccc(/N=N/c2c(S(=O)(=O)O)cc(N=C=S)cc2S(=O)(=O)O)cc1. The number of anilines is 1. The van der Waals surface area contributed by atoms with Crippen molar-refractivity contribution in [2.45, 2.75) is 9.79 Å². The van der Waals surface area contributed by atoms with E-state index in [0.717, 1.165) is 17.8 Å². The molecule has 0 atom stereocenters. The monoisotopic (exact) mass is 442 g/mol. The van der Waals surface area contributed by atoms with Crippen molar-refractivity contribution in [3.05, 3.63) is 36.4 Å². The Kier molecular flexibility index (Phi) is 6.39. The number of azo groups is 1. The first kappa shape index (κ1) is 21.8. The van der Waals surface area contributed by atoms with E-state index in [2.05, 4.69) is 27.4 Å². The lowest BCUT2D eigenvalue weighted by molar-refractivity contribution is 0.481. The van der Waals surface area contributed by atoms with Crippen LogP contribution < -0.4 is 4.90 Å².